The maximum atomic E-state index is 12.8. The van der Waals surface area contributed by atoms with Gasteiger partial charge in [-0.15, -0.1) is 0 Å². The van der Waals surface area contributed by atoms with Gasteiger partial charge < -0.3 is 19.3 Å². The number of carbonyl (C=O) groups excluding carboxylic acids is 1. The number of aromatic nitrogens is 2. The van der Waals surface area contributed by atoms with Crippen LogP contribution in [-0.2, 0) is 9.47 Å². The van der Waals surface area contributed by atoms with E-state index in [2.05, 4.69) is 21.8 Å². The maximum absolute atomic E-state index is 12.8. The summed E-state index contributed by atoms with van der Waals surface area (Å²) in [6, 6.07) is 0. The van der Waals surface area contributed by atoms with E-state index < -0.39 is 0 Å². The fraction of sp³-hybridized carbons (Fsp3) is 0.706. The van der Waals surface area contributed by atoms with Crippen molar-refractivity contribution in [2.24, 2.45) is 11.3 Å². The van der Waals surface area contributed by atoms with Crippen LogP contribution in [0.4, 0.5) is 0 Å². The van der Waals surface area contributed by atoms with Crippen LogP contribution in [0.15, 0.2) is 18.6 Å². The Morgan fingerprint density at radius 2 is 2.33 bits per heavy atom. The van der Waals surface area contributed by atoms with E-state index in [1.54, 1.807) is 19.5 Å². The molecule has 132 valence electrons. The van der Waals surface area contributed by atoms with Crippen molar-refractivity contribution < 1.29 is 14.3 Å². The summed E-state index contributed by atoms with van der Waals surface area (Å²) in [6.45, 7) is 8.41. The van der Waals surface area contributed by atoms with E-state index in [-0.39, 0.29) is 11.3 Å². The lowest BCUT2D eigenvalue weighted by Gasteiger charge is -2.35. The molecule has 7 heteroatoms. The standard InChI is InChI=1S/C17H26N4O3/c1-14-10-20(5-7-23-2)11-17(14)12-21(6-8-24-13-17)16(22)15-9-18-3-4-19-15/h3-4,9,14H,5-8,10-13H2,1-2H3/t14-,17+/m1/s1. The third kappa shape index (κ3) is 3.58. The third-order valence-electron chi connectivity index (χ3n) is 5.20. The van der Waals surface area contributed by atoms with Crippen molar-refractivity contribution in [1.29, 1.82) is 0 Å². The van der Waals surface area contributed by atoms with E-state index >= 15 is 0 Å². The molecule has 3 heterocycles. The zero-order chi connectivity index (χ0) is 17.0. The number of hydrogen-bond acceptors (Lipinski definition) is 6. The van der Waals surface area contributed by atoms with E-state index in [4.69, 9.17) is 9.47 Å². The minimum absolute atomic E-state index is 0.0257. The highest BCUT2D eigenvalue weighted by atomic mass is 16.5. The lowest BCUT2D eigenvalue weighted by atomic mass is 9.79. The van der Waals surface area contributed by atoms with Gasteiger partial charge in [0.2, 0.25) is 0 Å². The van der Waals surface area contributed by atoms with Crippen LogP contribution >= 0.6 is 0 Å². The van der Waals surface area contributed by atoms with E-state index in [0.717, 1.165) is 26.2 Å². The van der Waals surface area contributed by atoms with Gasteiger partial charge in [0.1, 0.15) is 5.69 Å². The van der Waals surface area contributed by atoms with E-state index in [0.29, 0.717) is 37.9 Å². The van der Waals surface area contributed by atoms with Crippen LogP contribution in [0.25, 0.3) is 0 Å². The molecule has 1 aromatic heterocycles. The molecule has 3 rings (SSSR count). The summed E-state index contributed by atoms with van der Waals surface area (Å²) < 4.78 is 11.1. The van der Waals surface area contributed by atoms with Gasteiger partial charge in [-0.2, -0.15) is 0 Å². The number of amides is 1. The highest BCUT2D eigenvalue weighted by Crippen LogP contribution is 2.38. The molecule has 0 aromatic carbocycles. The van der Waals surface area contributed by atoms with E-state index in [9.17, 15) is 4.79 Å². The molecule has 24 heavy (non-hydrogen) atoms. The Morgan fingerprint density at radius 1 is 1.46 bits per heavy atom. The fourth-order valence-electron chi connectivity index (χ4n) is 3.73. The number of ether oxygens (including phenoxy) is 2. The fourth-order valence-corrected chi connectivity index (χ4v) is 3.73. The molecule has 1 spiro atoms. The maximum Gasteiger partial charge on any atom is 0.274 e. The lowest BCUT2D eigenvalue weighted by Crippen LogP contribution is -2.46. The van der Waals surface area contributed by atoms with Gasteiger partial charge in [0, 0.05) is 57.6 Å². The SMILES string of the molecule is COCCN1C[C@@H](C)[C@@]2(COCCN(C(=O)c3cnccn3)C2)C1. The monoisotopic (exact) mass is 334 g/mol. The van der Waals surface area contributed by atoms with Crippen molar-refractivity contribution in [1.82, 2.24) is 19.8 Å². The molecule has 0 bridgehead atoms. The van der Waals surface area contributed by atoms with Gasteiger partial charge in [-0.1, -0.05) is 6.92 Å². The van der Waals surface area contributed by atoms with Crippen LogP contribution in [0.1, 0.15) is 17.4 Å². The summed E-state index contributed by atoms with van der Waals surface area (Å²) in [7, 11) is 1.73. The summed E-state index contributed by atoms with van der Waals surface area (Å²) in [5.74, 6) is 0.403. The first-order chi connectivity index (χ1) is 11.6. The van der Waals surface area contributed by atoms with E-state index in [1.807, 2.05) is 4.90 Å². The molecule has 0 aliphatic carbocycles. The number of nitrogens with zero attached hydrogens (tertiary/aromatic N) is 4. The second-order valence-corrected chi connectivity index (χ2v) is 6.86. The van der Waals surface area contributed by atoms with Crippen LogP contribution in [-0.4, -0.2) is 85.3 Å². The highest BCUT2D eigenvalue weighted by molar-refractivity contribution is 5.92. The molecule has 2 aliphatic rings. The summed E-state index contributed by atoms with van der Waals surface area (Å²) >= 11 is 0. The molecule has 7 nitrogen and oxygen atoms in total. The molecule has 1 amide bonds. The Morgan fingerprint density at radius 3 is 3.08 bits per heavy atom. The van der Waals surface area contributed by atoms with Crippen molar-refractivity contribution in [3.63, 3.8) is 0 Å². The van der Waals surface area contributed by atoms with Gasteiger partial charge >= 0.3 is 0 Å². The minimum Gasteiger partial charge on any atom is -0.383 e. The summed E-state index contributed by atoms with van der Waals surface area (Å²) in [6.07, 6.45) is 4.67. The second-order valence-electron chi connectivity index (χ2n) is 6.86. The normalized spacial score (nSPS) is 28.2. The van der Waals surface area contributed by atoms with Crippen LogP contribution in [0.3, 0.4) is 0 Å². The van der Waals surface area contributed by atoms with Gasteiger partial charge in [0.05, 0.1) is 26.0 Å². The van der Waals surface area contributed by atoms with Crippen LogP contribution in [0.5, 0.6) is 0 Å². The number of rotatable bonds is 4. The van der Waals surface area contributed by atoms with Crippen molar-refractivity contribution in [2.75, 3.05) is 59.7 Å². The number of hydrogen-bond donors (Lipinski definition) is 0. The topological polar surface area (TPSA) is 67.8 Å². The van der Waals surface area contributed by atoms with Crippen molar-refractivity contribution >= 4 is 5.91 Å². The van der Waals surface area contributed by atoms with Crippen LogP contribution < -0.4 is 0 Å². The molecule has 2 fully saturated rings. The zero-order valence-corrected chi connectivity index (χ0v) is 14.5. The molecule has 0 radical (unpaired) electrons. The van der Waals surface area contributed by atoms with Gasteiger partial charge in [-0.3, -0.25) is 9.78 Å². The molecule has 1 aromatic rings. The summed E-state index contributed by atoms with van der Waals surface area (Å²) in [5.41, 5.74) is 0.374. The quantitative estimate of drug-likeness (QED) is 0.800. The molecular weight excluding hydrogens is 308 g/mol. The minimum atomic E-state index is -0.0597. The number of likely N-dealkylation sites (tertiary alicyclic amines) is 1. The first-order valence-corrected chi connectivity index (χ1v) is 8.49. The second kappa shape index (κ2) is 7.55. The lowest BCUT2D eigenvalue weighted by molar-refractivity contribution is 0.0467. The summed E-state index contributed by atoms with van der Waals surface area (Å²) in [4.78, 5) is 25.2. The Balaban J connectivity index is 1.74. The molecular formula is C17H26N4O3. The molecule has 2 atom stereocenters. The Kier molecular flexibility index (Phi) is 5.43. The van der Waals surface area contributed by atoms with Crippen LogP contribution in [0.2, 0.25) is 0 Å². The van der Waals surface area contributed by atoms with Crippen molar-refractivity contribution in [2.45, 2.75) is 6.92 Å². The average molecular weight is 334 g/mol. The largest absolute Gasteiger partial charge is 0.383 e. The van der Waals surface area contributed by atoms with Gasteiger partial charge in [0.15, 0.2) is 0 Å². The van der Waals surface area contributed by atoms with Crippen LogP contribution in [0, 0.1) is 11.3 Å². The molecule has 2 aliphatic heterocycles. The van der Waals surface area contributed by atoms with Gasteiger partial charge in [-0.25, -0.2) is 4.98 Å². The predicted octanol–water partition coefficient (Wildman–Crippen LogP) is 0.534. The first kappa shape index (κ1) is 17.3. The molecule has 0 N–H and O–H groups in total. The van der Waals surface area contributed by atoms with Gasteiger partial charge in [0.25, 0.3) is 5.91 Å². The number of methoxy groups -OCH3 is 1. The number of carbonyl (C=O) groups is 1. The Bertz CT molecular complexity index is 556. The van der Waals surface area contributed by atoms with Gasteiger partial charge in [-0.05, 0) is 5.92 Å². The zero-order valence-electron chi connectivity index (χ0n) is 14.5. The average Bonchev–Trinajstić information content (AvgIpc) is 2.77. The third-order valence-corrected chi connectivity index (χ3v) is 5.20. The Labute approximate surface area is 143 Å². The molecule has 0 saturated carbocycles. The predicted molar refractivity (Wildman–Crippen MR) is 88.7 cm³/mol. The Hall–Kier alpha value is -1.57. The highest BCUT2D eigenvalue weighted by Gasteiger charge is 2.47. The first-order valence-electron chi connectivity index (χ1n) is 8.49. The van der Waals surface area contributed by atoms with Crippen molar-refractivity contribution in [3.05, 3.63) is 24.3 Å². The van der Waals surface area contributed by atoms with Crippen molar-refractivity contribution in [3.8, 4) is 0 Å². The van der Waals surface area contributed by atoms with E-state index in [1.165, 1.54) is 6.20 Å². The molecule has 2 saturated heterocycles. The summed E-state index contributed by atoms with van der Waals surface area (Å²) in [5, 5.41) is 0. The smallest absolute Gasteiger partial charge is 0.274 e. The molecule has 0 unspecified atom stereocenters.